The van der Waals surface area contributed by atoms with Crippen LogP contribution in [0.15, 0.2) is 41.4 Å². The van der Waals surface area contributed by atoms with E-state index in [1.807, 2.05) is 0 Å². The van der Waals surface area contributed by atoms with Crippen LogP contribution in [0.1, 0.15) is 0 Å². The van der Waals surface area contributed by atoms with Crippen molar-refractivity contribution in [2.75, 3.05) is 0 Å². The molecule has 0 aliphatic carbocycles. The van der Waals surface area contributed by atoms with E-state index in [0.717, 1.165) is 0 Å². The summed E-state index contributed by atoms with van der Waals surface area (Å²) in [6, 6.07) is 3.50. The van der Waals surface area contributed by atoms with Crippen LogP contribution in [0.5, 0.6) is 0 Å². The van der Waals surface area contributed by atoms with Gasteiger partial charge in [-0.1, -0.05) is 16.8 Å². The number of hydrogen-bond acceptors (Lipinski definition) is 6. The Labute approximate surface area is 107 Å². The van der Waals surface area contributed by atoms with Crippen LogP contribution in [0.25, 0.3) is 23.0 Å². The predicted molar refractivity (Wildman–Crippen MR) is 63.6 cm³/mol. The second kappa shape index (κ2) is 4.50. The standard InChI is InChI=1S/C11H6ClN5O/c12-9-7(2-1-3-15-9)11-16-10(17-18-11)8-6-13-4-5-14-8/h1-6H. The van der Waals surface area contributed by atoms with Gasteiger partial charge in [0, 0.05) is 18.6 Å². The molecule has 0 bridgehead atoms. The third kappa shape index (κ3) is 1.93. The van der Waals surface area contributed by atoms with Crippen molar-refractivity contribution in [2.24, 2.45) is 0 Å². The molecule has 6 nitrogen and oxygen atoms in total. The molecule has 0 spiro atoms. The molecule has 88 valence electrons. The molecule has 0 radical (unpaired) electrons. The number of halogens is 1. The largest absolute Gasteiger partial charge is 0.333 e. The van der Waals surface area contributed by atoms with Crippen molar-refractivity contribution < 1.29 is 4.52 Å². The minimum absolute atomic E-state index is 0.300. The molecule has 3 rings (SSSR count). The highest BCUT2D eigenvalue weighted by Crippen LogP contribution is 2.25. The van der Waals surface area contributed by atoms with E-state index in [0.29, 0.717) is 28.1 Å². The number of hydrogen-bond donors (Lipinski definition) is 0. The minimum Gasteiger partial charge on any atom is -0.333 e. The first-order valence-electron chi connectivity index (χ1n) is 5.05. The number of pyridine rings is 1. The van der Waals surface area contributed by atoms with Gasteiger partial charge < -0.3 is 4.52 Å². The molecule has 0 fully saturated rings. The van der Waals surface area contributed by atoms with Crippen LogP contribution in [-0.2, 0) is 0 Å². The van der Waals surface area contributed by atoms with Crippen LogP contribution >= 0.6 is 11.6 Å². The summed E-state index contributed by atoms with van der Waals surface area (Å²) < 4.78 is 5.13. The molecule has 0 atom stereocenters. The monoisotopic (exact) mass is 259 g/mol. The van der Waals surface area contributed by atoms with Gasteiger partial charge in [0.15, 0.2) is 0 Å². The average Bonchev–Trinajstić information content (AvgIpc) is 2.90. The lowest BCUT2D eigenvalue weighted by Gasteiger charge is -1.94. The Morgan fingerprint density at radius 3 is 2.83 bits per heavy atom. The Kier molecular flexibility index (Phi) is 2.70. The quantitative estimate of drug-likeness (QED) is 0.657. The van der Waals surface area contributed by atoms with Gasteiger partial charge in [0.1, 0.15) is 10.8 Å². The van der Waals surface area contributed by atoms with Gasteiger partial charge in [-0.25, -0.2) is 9.97 Å². The molecule has 0 aromatic carbocycles. The van der Waals surface area contributed by atoms with Crippen molar-refractivity contribution in [3.8, 4) is 23.0 Å². The highest BCUT2D eigenvalue weighted by Gasteiger charge is 2.14. The van der Waals surface area contributed by atoms with E-state index in [1.165, 1.54) is 0 Å². The number of aromatic nitrogens is 5. The van der Waals surface area contributed by atoms with E-state index in [2.05, 4.69) is 25.1 Å². The summed E-state index contributed by atoms with van der Waals surface area (Å²) in [5.74, 6) is 0.659. The molecule has 0 N–H and O–H groups in total. The molecule has 3 heterocycles. The molecule has 0 unspecified atom stereocenters. The SMILES string of the molecule is Clc1ncccc1-c1nc(-c2cnccn2)no1. The van der Waals surface area contributed by atoms with Crippen LogP contribution in [0.4, 0.5) is 0 Å². The fraction of sp³-hybridized carbons (Fsp3) is 0. The van der Waals surface area contributed by atoms with Gasteiger partial charge in [0.2, 0.25) is 5.82 Å². The van der Waals surface area contributed by atoms with Gasteiger partial charge in [0.05, 0.1) is 11.8 Å². The van der Waals surface area contributed by atoms with E-state index < -0.39 is 0 Å². The van der Waals surface area contributed by atoms with E-state index in [4.69, 9.17) is 16.1 Å². The summed E-state index contributed by atoms with van der Waals surface area (Å²) in [6.45, 7) is 0. The van der Waals surface area contributed by atoms with Crippen LogP contribution in [0.3, 0.4) is 0 Å². The van der Waals surface area contributed by atoms with Crippen LogP contribution in [0, 0.1) is 0 Å². The number of nitrogens with zero attached hydrogens (tertiary/aromatic N) is 5. The molecule has 7 heteroatoms. The molecular formula is C11H6ClN5O. The fourth-order valence-corrected chi connectivity index (χ4v) is 1.60. The van der Waals surface area contributed by atoms with Crippen molar-refractivity contribution in [1.82, 2.24) is 25.1 Å². The Hall–Kier alpha value is -2.34. The Balaban J connectivity index is 2.03. The number of rotatable bonds is 2. The molecule has 0 saturated heterocycles. The first-order valence-corrected chi connectivity index (χ1v) is 5.43. The third-order valence-corrected chi connectivity index (χ3v) is 2.51. The lowest BCUT2D eigenvalue weighted by Crippen LogP contribution is -1.86. The van der Waals surface area contributed by atoms with Crippen LogP contribution in [0.2, 0.25) is 5.15 Å². The smallest absolute Gasteiger partial charge is 0.261 e. The van der Waals surface area contributed by atoms with Crippen LogP contribution in [-0.4, -0.2) is 25.1 Å². The highest BCUT2D eigenvalue weighted by atomic mass is 35.5. The summed E-state index contributed by atoms with van der Waals surface area (Å²) in [5.41, 5.74) is 1.12. The molecule has 3 aromatic rings. The molecular weight excluding hydrogens is 254 g/mol. The first-order chi connectivity index (χ1) is 8.84. The Morgan fingerprint density at radius 2 is 2.06 bits per heavy atom. The topological polar surface area (TPSA) is 77.6 Å². The second-order valence-corrected chi connectivity index (χ2v) is 3.71. The lowest BCUT2D eigenvalue weighted by molar-refractivity contribution is 0.432. The molecule has 3 aromatic heterocycles. The molecule has 0 saturated carbocycles. The van der Waals surface area contributed by atoms with E-state index in [1.54, 1.807) is 36.9 Å². The van der Waals surface area contributed by atoms with Crippen molar-refractivity contribution in [3.05, 3.63) is 42.1 Å². The highest BCUT2D eigenvalue weighted by molar-refractivity contribution is 6.31. The third-order valence-electron chi connectivity index (χ3n) is 2.21. The van der Waals surface area contributed by atoms with Gasteiger partial charge in [-0.15, -0.1) is 0 Å². The van der Waals surface area contributed by atoms with E-state index in [9.17, 15) is 0 Å². The van der Waals surface area contributed by atoms with Crippen molar-refractivity contribution in [2.45, 2.75) is 0 Å². The van der Waals surface area contributed by atoms with E-state index in [-0.39, 0.29) is 0 Å². The Morgan fingerprint density at radius 1 is 1.11 bits per heavy atom. The molecule has 0 aliphatic rings. The maximum atomic E-state index is 5.95. The van der Waals surface area contributed by atoms with Gasteiger partial charge in [-0.05, 0) is 12.1 Å². The maximum absolute atomic E-state index is 5.95. The van der Waals surface area contributed by atoms with E-state index >= 15 is 0 Å². The van der Waals surface area contributed by atoms with Crippen molar-refractivity contribution in [3.63, 3.8) is 0 Å². The minimum atomic E-state index is 0.300. The Bertz CT molecular complexity index is 670. The summed E-state index contributed by atoms with van der Waals surface area (Å²) in [5, 5.41) is 4.14. The zero-order valence-electron chi connectivity index (χ0n) is 8.99. The zero-order valence-corrected chi connectivity index (χ0v) is 9.74. The normalized spacial score (nSPS) is 10.5. The summed E-state index contributed by atoms with van der Waals surface area (Å²) in [6.07, 6.45) is 6.27. The summed E-state index contributed by atoms with van der Waals surface area (Å²) in [4.78, 5) is 16.2. The molecule has 18 heavy (non-hydrogen) atoms. The lowest BCUT2D eigenvalue weighted by atomic mass is 10.3. The summed E-state index contributed by atoms with van der Waals surface area (Å²) in [7, 11) is 0. The van der Waals surface area contributed by atoms with Gasteiger partial charge >= 0.3 is 0 Å². The predicted octanol–water partition coefficient (Wildman–Crippen LogP) is 2.24. The fourth-order valence-electron chi connectivity index (χ4n) is 1.40. The van der Waals surface area contributed by atoms with Crippen molar-refractivity contribution >= 4 is 11.6 Å². The second-order valence-electron chi connectivity index (χ2n) is 3.36. The zero-order chi connectivity index (χ0) is 12.4. The van der Waals surface area contributed by atoms with Crippen molar-refractivity contribution in [1.29, 1.82) is 0 Å². The average molecular weight is 260 g/mol. The van der Waals surface area contributed by atoms with Crippen LogP contribution < -0.4 is 0 Å². The summed E-state index contributed by atoms with van der Waals surface area (Å²) >= 11 is 5.95. The molecule has 0 amide bonds. The first kappa shape index (κ1) is 10.8. The molecule has 0 aliphatic heterocycles. The maximum Gasteiger partial charge on any atom is 0.261 e. The van der Waals surface area contributed by atoms with Gasteiger partial charge in [-0.2, -0.15) is 4.98 Å². The van der Waals surface area contributed by atoms with Gasteiger partial charge in [-0.3, -0.25) is 4.98 Å². The van der Waals surface area contributed by atoms with Gasteiger partial charge in [0.25, 0.3) is 5.89 Å².